The average Bonchev–Trinajstić information content (AvgIpc) is 2.39. The van der Waals surface area contributed by atoms with Gasteiger partial charge in [0.25, 0.3) is 0 Å². The van der Waals surface area contributed by atoms with E-state index in [9.17, 15) is 4.79 Å². The predicted octanol–water partition coefficient (Wildman–Crippen LogP) is 2.51. The largest absolute Gasteiger partial charge is 0.497 e. The first kappa shape index (κ1) is 12.9. The first-order valence-electron chi connectivity index (χ1n) is 5.80. The molecule has 3 N–H and O–H groups in total. The second-order valence-electron chi connectivity index (χ2n) is 4.07. The number of aromatic nitrogens is 1. The Morgan fingerprint density at radius 2 is 1.95 bits per heavy atom. The summed E-state index contributed by atoms with van der Waals surface area (Å²) in [5.41, 5.74) is 1.20. The van der Waals surface area contributed by atoms with Crippen molar-refractivity contribution in [3.63, 3.8) is 0 Å². The second kappa shape index (κ2) is 5.39. The van der Waals surface area contributed by atoms with E-state index in [-0.39, 0.29) is 11.1 Å². The van der Waals surface area contributed by atoms with Crippen molar-refractivity contribution >= 4 is 17.2 Å². The number of aromatic amines is 1. The molecule has 5 nitrogen and oxygen atoms in total. The van der Waals surface area contributed by atoms with Crippen LogP contribution in [-0.4, -0.2) is 17.8 Å². The zero-order valence-electron chi connectivity index (χ0n) is 10.8. The van der Waals surface area contributed by atoms with Crippen molar-refractivity contribution in [2.45, 2.75) is 6.92 Å². The number of hydrogen-bond acceptors (Lipinski definition) is 4. The summed E-state index contributed by atoms with van der Waals surface area (Å²) in [5, 5.41) is 10.8. The highest BCUT2D eigenvalue weighted by Crippen LogP contribution is 2.19. The molecule has 2 rings (SSSR count). The molecule has 2 aromatic rings. The van der Waals surface area contributed by atoms with E-state index in [1.54, 1.807) is 20.2 Å². The van der Waals surface area contributed by atoms with Crippen LogP contribution in [0.1, 0.15) is 12.5 Å². The minimum absolute atomic E-state index is 0.178. The fourth-order valence-corrected chi connectivity index (χ4v) is 1.77. The second-order valence-corrected chi connectivity index (χ2v) is 4.07. The van der Waals surface area contributed by atoms with Crippen LogP contribution in [0.3, 0.4) is 0 Å². The first-order chi connectivity index (χ1) is 9.11. The Balaban J connectivity index is 2.35. The molecule has 0 bridgehead atoms. The van der Waals surface area contributed by atoms with Crippen LogP contribution in [0, 0.1) is 5.41 Å². The fourth-order valence-electron chi connectivity index (χ4n) is 1.77. The van der Waals surface area contributed by atoms with Crippen LogP contribution in [0.2, 0.25) is 0 Å². The van der Waals surface area contributed by atoms with Gasteiger partial charge in [0.05, 0.1) is 12.7 Å². The molecule has 0 saturated heterocycles. The van der Waals surface area contributed by atoms with Crippen molar-refractivity contribution in [2.75, 3.05) is 12.4 Å². The van der Waals surface area contributed by atoms with Gasteiger partial charge in [0.2, 0.25) is 0 Å². The SMILES string of the molecule is COc1ccc(Nc2[nH]ccc(=O)c2C(C)=N)cc1. The zero-order valence-corrected chi connectivity index (χ0v) is 10.8. The number of nitrogens with one attached hydrogen (secondary N) is 3. The Hall–Kier alpha value is -2.56. The Labute approximate surface area is 110 Å². The van der Waals surface area contributed by atoms with Crippen LogP contribution in [-0.2, 0) is 0 Å². The van der Waals surface area contributed by atoms with Crippen molar-refractivity contribution in [2.24, 2.45) is 0 Å². The quantitative estimate of drug-likeness (QED) is 0.736. The van der Waals surface area contributed by atoms with E-state index in [0.29, 0.717) is 11.4 Å². The molecule has 98 valence electrons. The van der Waals surface area contributed by atoms with Crippen molar-refractivity contribution in [3.05, 3.63) is 52.3 Å². The van der Waals surface area contributed by atoms with Crippen LogP contribution < -0.4 is 15.5 Å². The normalized spacial score (nSPS) is 10.0. The molecule has 0 aliphatic carbocycles. The Morgan fingerprint density at radius 3 is 2.53 bits per heavy atom. The Bertz CT molecular complexity index is 644. The third-order valence-electron chi connectivity index (χ3n) is 2.69. The van der Waals surface area contributed by atoms with Crippen LogP contribution in [0.5, 0.6) is 5.75 Å². The molecule has 0 spiro atoms. The number of anilines is 2. The molecule has 0 atom stereocenters. The summed E-state index contributed by atoms with van der Waals surface area (Å²) < 4.78 is 5.08. The number of ether oxygens (including phenoxy) is 1. The highest BCUT2D eigenvalue weighted by molar-refractivity contribution is 6.00. The summed E-state index contributed by atoms with van der Waals surface area (Å²) in [4.78, 5) is 14.7. The lowest BCUT2D eigenvalue weighted by Gasteiger charge is -2.10. The topological polar surface area (TPSA) is 78.0 Å². The van der Waals surface area contributed by atoms with Gasteiger partial charge < -0.3 is 20.4 Å². The van der Waals surface area contributed by atoms with Gasteiger partial charge in [0, 0.05) is 23.7 Å². The standard InChI is InChI=1S/C14H15N3O2/c1-9(15)13-12(18)7-8-16-14(13)17-10-3-5-11(19-2)6-4-10/h3-8,15H,1-2H3,(H2,16,17,18). The van der Waals surface area contributed by atoms with Gasteiger partial charge in [-0.2, -0.15) is 0 Å². The van der Waals surface area contributed by atoms with E-state index in [1.165, 1.54) is 6.07 Å². The third-order valence-corrected chi connectivity index (χ3v) is 2.69. The highest BCUT2D eigenvalue weighted by Gasteiger charge is 2.09. The van der Waals surface area contributed by atoms with Gasteiger partial charge in [-0.05, 0) is 31.2 Å². The molecule has 0 aliphatic rings. The van der Waals surface area contributed by atoms with Gasteiger partial charge in [-0.3, -0.25) is 4.79 Å². The number of rotatable bonds is 4. The molecule has 1 aromatic carbocycles. The third kappa shape index (κ3) is 2.82. The van der Waals surface area contributed by atoms with Crippen LogP contribution in [0.4, 0.5) is 11.5 Å². The van der Waals surface area contributed by atoms with Gasteiger partial charge in [0.1, 0.15) is 11.6 Å². The summed E-state index contributed by atoms with van der Waals surface area (Å²) in [6.07, 6.45) is 1.56. The predicted molar refractivity (Wildman–Crippen MR) is 75.8 cm³/mol. The highest BCUT2D eigenvalue weighted by atomic mass is 16.5. The summed E-state index contributed by atoms with van der Waals surface area (Å²) in [6, 6.07) is 8.73. The maximum Gasteiger partial charge on any atom is 0.192 e. The van der Waals surface area contributed by atoms with E-state index in [1.807, 2.05) is 24.3 Å². The van der Waals surface area contributed by atoms with Crippen molar-refractivity contribution in [3.8, 4) is 5.75 Å². The van der Waals surface area contributed by atoms with Gasteiger partial charge in [-0.15, -0.1) is 0 Å². The van der Waals surface area contributed by atoms with E-state index in [4.69, 9.17) is 10.1 Å². The summed E-state index contributed by atoms with van der Waals surface area (Å²) in [6.45, 7) is 1.59. The van der Waals surface area contributed by atoms with Crippen molar-refractivity contribution < 1.29 is 4.74 Å². The van der Waals surface area contributed by atoms with Gasteiger partial charge in [-0.25, -0.2) is 0 Å². The van der Waals surface area contributed by atoms with E-state index in [2.05, 4.69) is 10.3 Å². The van der Waals surface area contributed by atoms with Crippen molar-refractivity contribution in [1.82, 2.24) is 4.98 Å². The number of benzene rings is 1. The molecule has 0 fully saturated rings. The maximum absolute atomic E-state index is 11.8. The number of methoxy groups -OCH3 is 1. The molecule has 0 radical (unpaired) electrons. The summed E-state index contributed by atoms with van der Waals surface area (Å²) in [7, 11) is 1.60. The van der Waals surface area contributed by atoms with E-state index >= 15 is 0 Å². The first-order valence-corrected chi connectivity index (χ1v) is 5.80. The Kier molecular flexibility index (Phi) is 3.66. The smallest absolute Gasteiger partial charge is 0.192 e. The lowest BCUT2D eigenvalue weighted by Crippen LogP contribution is -2.15. The molecule has 0 aliphatic heterocycles. The van der Waals surface area contributed by atoms with Gasteiger partial charge >= 0.3 is 0 Å². The average molecular weight is 257 g/mol. The van der Waals surface area contributed by atoms with Gasteiger partial charge in [0.15, 0.2) is 5.43 Å². The molecule has 0 unspecified atom stereocenters. The molecular formula is C14H15N3O2. The van der Waals surface area contributed by atoms with E-state index < -0.39 is 0 Å². The minimum Gasteiger partial charge on any atom is -0.497 e. The number of H-pyrrole nitrogens is 1. The lowest BCUT2D eigenvalue weighted by atomic mass is 10.1. The number of hydrogen-bond donors (Lipinski definition) is 3. The monoisotopic (exact) mass is 257 g/mol. The van der Waals surface area contributed by atoms with Crippen LogP contribution in [0.25, 0.3) is 0 Å². The molecule has 0 saturated carbocycles. The summed E-state index contributed by atoms with van der Waals surface area (Å²) in [5.74, 6) is 1.28. The molecule has 5 heteroatoms. The van der Waals surface area contributed by atoms with Gasteiger partial charge in [-0.1, -0.05) is 0 Å². The van der Waals surface area contributed by atoms with Crippen molar-refractivity contribution in [1.29, 1.82) is 5.41 Å². The molecule has 1 heterocycles. The van der Waals surface area contributed by atoms with Crippen LogP contribution in [0.15, 0.2) is 41.3 Å². The molecular weight excluding hydrogens is 242 g/mol. The number of pyridine rings is 1. The summed E-state index contributed by atoms with van der Waals surface area (Å²) >= 11 is 0. The lowest BCUT2D eigenvalue weighted by molar-refractivity contribution is 0.415. The molecule has 0 amide bonds. The zero-order chi connectivity index (χ0) is 13.8. The minimum atomic E-state index is -0.178. The molecule has 19 heavy (non-hydrogen) atoms. The fraction of sp³-hybridized carbons (Fsp3) is 0.143. The Morgan fingerprint density at radius 1 is 1.26 bits per heavy atom. The maximum atomic E-state index is 11.8. The molecule has 1 aromatic heterocycles. The van der Waals surface area contributed by atoms with Crippen LogP contribution >= 0.6 is 0 Å². The van der Waals surface area contributed by atoms with E-state index in [0.717, 1.165) is 11.4 Å².